The van der Waals surface area contributed by atoms with Gasteiger partial charge in [0.1, 0.15) is 25.4 Å². The molecule has 0 aromatic heterocycles. The molecule has 0 atom stereocenters. The van der Waals surface area contributed by atoms with Gasteiger partial charge in [0.25, 0.3) is 0 Å². The molecule has 5 nitrogen and oxygen atoms in total. The van der Waals surface area contributed by atoms with E-state index in [1.54, 1.807) is 60.7 Å². The number of rotatable bonds is 10. The summed E-state index contributed by atoms with van der Waals surface area (Å²) in [6, 6.07) is 17.7. The number of benzene rings is 3. The smallest absolute Gasteiger partial charge is 0.342 e. The van der Waals surface area contributed by atoms with Crippen LogP contribution in [-0.4, -0.2) is 17.7 Å². The average molecular weight is 426 g/mol. The minimum atomic E-state index is -1.79. The highest BCUT2D eigenvalue weighted by atomic mass is 19.1. The van der Waals surface area contributed by atoms with Gasteiger partial charge in [-0.15, -0.1) is 0 Å². The number of carboxylic acid groups (broad SMARTS) is 1. The van der Waals surface area contributed by atoms with E-state index in [4.69, 9.17) is 14.2 Å². The summed E-state index contributed by atoms with van der Waals surface area (Å²) in [6.45, 7) is 3.24. The quantitative estimate of drug-likeness (QED) is 0.441. The van der Waals surface area contributed by atoms with Gasteiger partial charge in [-0.1, -0.05) is 73.3 Å². The Morgan fingerprint density at radius 1 is 0.806 bits per heavy atom. The third kappa shape index (κ3) is 5.19. The fourth-order valence-electron chi connectivity index (χ4n) is 2.80. The van der Waals surface area contributed by atoms with Crippen molar-refractivity contribution in [1.29, 1.82) is 0 Å². The molecule has 3 aromatic rings. The van der Waals surface area contributed by atoms with Gasteiger partial charge in [0.15, 0.2) is 11.6 Å². The number of hydrogen-bond acceptors (Lipinski definition) is 4. The molecule has 7 heteroatoms. The second kappa shape index (κ2) is 10.2. The maximum atomic E-state index is 15.0. The fraction of sp³-hybridized carbons (Fsp3) is 0.125. The number of halogens is 2. The van der Waals surface area contributed by atoms with E-state index in [1.165, 1.54) is 6.08 Å². The van der Waals surface area contributed by atoms with Gasteiger partial charge in [0, 0.05) is 0 Å². The summed E-state index contributed by atoms with van der Waals surface area (Å²) in [7, 11) is 0. The molecule has 0 aliphatic carbocycles. The van der Waals surface area contributed by atoms with E-state index in [2.05, 4.69) is 6.58 Å². The topological polar surface area (TPSA) is 65.0 Å². The highest BCUT2D eigenvalue weighted by Crippen LogP contribution is 2.45. The van der Waals surface area contributed by atoms with E-state index in [1.807, 2.05) is 0 Å². The summed E-state index contributed by atoms with van der Waals surface area (Å²) < 4.78 is 46.6. The normalized spacial score (nSPS) is 10.4. The zero-order valence-corrected chi connectivity index (χ0v) is 16.5. The SMILES string of the molecule is C=CCOc1c(OCc2ccccc2)c(F)c(C(=O)O)c(F)c1OCc1ccccc1. The Morgan fingerprint density at radius 2 is 1.26 bits per heavy atom. The Bertz CT molecular complexity index is 982. The molecule has 0 saturated carbocycles. The van der Waals surface area contributed by atoms with Gasteiger partial charge in [-0.25, -0.2) is 13.6 Å². The average Bonchev–Trinajstić information content (AvgIpc) is 2.77. The first-order valence-electron chi connectivity index (χ1n) is 9.38. The molecule has 3 aromatic carbocycles. The van der Waals surface area contributed by atoms with E-state index in [0.29, 0.717) is 11.1 Å². The monoisotopic (exact) mass is 426 g/mol. The predicted molar refractivity (Wildman–Crippen MR) is 111 cm³/mol. The Kier molecular flexibility index (Phi) is 7.22. The van der Waals surface area contributed by atoms with E-state index >= 15 is 8.78 Å². The van der Waals surface area contributed by atoms with Crippen molar-refractivity contribution in [3.05, 3.63) is 102 Å². The van der Waals surface area contributed by atoms with Crippen LogP contribution >= 0.6 is 0 Å². The fourth-order valence-corrected chi connectivity index (χ4v) is 2.80. The lowest BCUT2D eigenvalue weighted by atomic mass is 10.1. The molecule has 0 spiro atoms. The van der Waals surface area contributed by atoms with Crippen LogP contribution in [0.25, 0.3) is 0 Å². The molecule has 0 fully saturated rings. The van der Waals surface area contributed by atoms with Crippen LogP contribution < -0.4 is 14.2 Å². The van der Waals surface area contributed by atoms with E-state index in [-0.39, 0.29) is 25.6 Å². The highest BCUT2D eigenvalue weighted by molar-refractivity contribution is 5.90. The van der Waals surface area contributed by atoms with Gasteiger partial charge in [0.05, 0.1) is 0 Å². The summed E-state index contributed by atoms with van der Waals surface area (Å²) in [6.07, 6.45) is 1.38. The Morgan fingerprint density at radius 3 is 1.65 bits per heavy atom. The van der Waals surface area contributed by atoms with Gasteiger partial charge in [-0.05, 0) is 11.1 Å². The summed E-state index contributed by atoms with van der Waals surface area (Å²) in [5.74, 6) is -6.02. The van der Waals surface area contributed by atoms with Crippen LogP contribution in [0.15, 0.2) is 73.3 Å². The van der Waals surface area contributed by atoms with Gasteiger partial charge in [-0.2, -0.15) is 0 Å². The molecule has 0 saturated heterocycles. The van der Waals surface area contributed by atoms with Crippen molar-refractivity contribution >= 4 is 5.97 Å². The Labute approximate surface area is 178 Å². The van der Waals surface area contributed by atoms with Crippen LogP contribution in [-0.2, 0) is 13.2 Å². The van der Waals surface area contributed by atoms with Crippen LogP contribution in [0.4, 0.5) is 8.78 Å². The first-order valence-corrected chi connectivity index (χ1v) is 9.38. The maximum absolute atomic E-state index is 15.0. The van der Waals surface area contributed by atoms with Crippen molar-refractivity contribution in [2.75, 3.05) is 6.61 Å². The molecule has 0 aliphatic rings. The summed E-state index contributed by atoms with van der Waals surface area (Å²) in [5.41, 5.74) is 0.214. The Balaban J connectivity index is 2.05. The molecular weight excluding hydrogens is 406 g/mol. The second-order valence-corrected chi connectivity index (χ2v) is 6.44. The predicted octanol–water partition coefficient (Wildman–Crippen LogP) is 5.39. The zero-order valence-electron chi connectivity index (χ0n) is 16.5. The van der Waals surface area contributed by atoms with Gasteiger partial charge in [-0.3, -0.25) is 0 Å². The lowest BCUT2D eigenvalue weighted by molar-refractivity contribution is 0.0682. The van der Waals surface area contributed by atoms with Crippen molar-refractivity contribution in [1.82, 2.24) is 0 Å². The molecule has 0 bridgehead atoms. The molecule has 0 heterocycles. The standard InChI is InChI=1S/C24H20F2O5/c1-2-13-29-23-21(30-14-16-9-5-3-6-10-16)19(25)18(24(27)28)20(26)22(23)31-15-17-11-7-4-8-12-17/h2-12H,1,13-15H2,(H,27,28). The summed E-state index contributed by atoms with van der Waals surface area (Å²) >= 11 is 0. The van der Waals surface area contributed by atoms with E-state index in [9.17, 15) is 9.90 Å². The van der Waals surface area contributed by atoms with Crippen LogP contribution in [0.1, 0.15) is 21.5 Å². The minimum Gasteiger partial charge on any atom is -0.482 e. The van der Waals surface area contributed by atoms with E-state index < -0.39 is 34.7 Å². The lowest BCUT2D eigenvalue weighted by Gasteiger charge is -2.19. The van der Waals surface area contributed by atoms with Crippen LogP contribution in [0.3, 0.4) is 0 Å². The van der Waals surface area contributed by atoms with Crippen LogP contribution in [0.5, 0.6) is 17.2 Å². The first kappa shape index (κ1) is 21.8. The van der Waals surface area contributed by atoms with Crippen LogP contribution in [0, 0.1) is 11.6 Å². The van der Waals surface area contributed by atoms with Crippen molar-refractivity contribution in [3.63, 3.8) is 0 Å². The van der Waals surface area contributed by atoms with Crippen molar-refractivity contribution in [2.24, 2.45) is 0 Å². The molecule has 0 aliphatic heterocycles. The summed E-state index contributed by atoms with van der Waals surface area (Å²) in [4.78, 5) is 11.6. The summed E-state index contributed by atoms with van der Waals surface area (Å²) in [5, 5.41) is 9.38. The Hall–Kier alpha value is -3.87. The number of carbonyl (C=O) groups is 1. The molecule has 160 valence electrons. The number of carboxylic acids is 1. The molecule has 1 N–H and O–H groups in total. The van der Waals surface area contributed by atoms with Gasteiger partial charge >= 0.3 is 5.97 Å². The zero-order chi connectivity index (χ0) is 22.2. The van der Waals surface area contributed by atoms with Crippen molar-refractivity contribution < 1.29 is 32.9 Å². The van der Waals surface area contributed by atoms with Crippen molar-refractivity contribution in [2.45, 2.75) is 13.2 Å². The van der Waals surface area contributed by atoms with Crippen molar-refractivity contribution in [3.8, 4) is 17.2 Å². The molecule has 0 unspecified atom stereocenters. The van der Waals surface area contributed by atoms with Crippen LogP contribution in [0.2, 0.25) is 0 Å². The van der Waals surface area contributed by atoms with Gasteiger partial charge in [0.2, 0.25) is 17.2 Å². The number of aromatic carboxylic acids is 1. The lowest BCUT2D eigenvalue weighted by Crippen LogP contribution is -2.13. The minimum absolute atomic E-state index is 0.0922. The number of ether oxygens (including phenoxy) is 3. The molecule has 3 rings (SSSR count). The molecule has 0 amide bonds. The number of hydrogen-bond donors (Lipinski definition) is 1. The van der Waals surface area contributed by atoms with Gasteiger partial charge < -0.3 is 19.3 Å². The first-order chi connectivity index (χ1) is 15.0. The molecule has 0 radical (unpaired) electrons. The largest absolute Gasteiger partial charge is 0.482 e. The highest BCUT2D eigenvalue weighted by Gasteiger charge is 2.32. The molecular formula is C24H20F2O5. The third-order valence-electron chi connectivity index (χ3n) is 4.26. The maximum Gasteiger partial charge on any atom is 0.342 e. The molecule has 31 heavy (non-hydrogen) atoms. The van der Waals surface area contributed by atoms with E-state index in [0.717, 1.165) is 0 Å². The third-order valence-corrected chi connectivity index (χ3v) is 4.26. The second-order valence-electron chi connectivity index (χ2n) is 6.44.